The normalized spacial score (nSPS) is 21.8. The number of nitrogens with zero attached hydrogens (tertiary/aromatic N) is 3. The van der Waals surface area contributed by atoms with Gasteiger partial charge < -0.3 is 10.2 Å². The van der Waals surface area contributed by atoms with E-state index in [0.717, 1.165) is 24.6 Å². The largest absolute Gasteiger partial charge is 0.361 e. The van der Waals surface area contributed by atoms with Crippen molar-refractivity contribution in [2.45, 2.75) is 58.9 Å². The van der Waals surface area contributed by atoms with Gasteiger partial charge in [-0.15, -0.1) is 10.2 Å². The van der Waals surface area contributed by atoms with E-state index < -0.39 is 0 Å². The maximum absolute atomic E-state index is 12.3. The van der Waals surface area contributed by atoms with E-state index in [1.807, 2.05) is 25.1 Å². The smallest absolute Gasteiger partial charge is 0.272 e. The Labute approximate surface area is 139 Å². The zero-order valence-corrected chi connectivity index (χ0v) is 15.1. The predicted octanol–water partition coefficient (Wildman–Crippen LogP) is 3.27. The van der Waals surface area contributed by atoms with Crippen molar-refractivity contribution in [2.24, 2.45) is 11.3 Å². The molecule has 1 aromatic rings. The molecule has 0 atom stereocenters. The van der Waals surface area contributed by atoms with Gasteiger partial charge in [-0.3, -0.25) is 4.79 Å². The third-order valence-corrected chi connectivity index (χ3v) is 5.42. The number of carbonyl (C=O) groups is 1. The van der Waals surface area contributed by atoms with E-state index in [1.165, 1.54) is 19.3 Å². The van der Waals surface area contributed by atoms with Crippen molar-refractivity contribution in [3.63, 3.8) is 0 Å². The molecule has 2 rings (SSSR count). The summed E-state index contributed by atoms with van der Waals surface area (Å²) in [5.41, 5.74) is 0.800. The molecule has 0 aliphatic heterocycles. The summed E-state index contributed by atoms with van der Waals surface area (Å²) in [5.74, 6) is 1.41. The zero-order chi connectivity index (χ0) is 17.0. The van der Waals surface area contributed by atoms with Crippen molar-refractivity contribution < 1.29 is 4.79 Å². The van der Waals surface area contributed by atoms with E-state index in [1.54, 1.807) is 6.07 Å². The number of hydrogen-bond acceptors (Lipinski definition) is 4. The molecule has 0 spiro atoms. The van der Waals surface area contributed by atoms with Crippen LogP contribution in [-0.2, 0) is 0 Å². The van der Waals surface area contributed by atoms with Crippen LogP contribution in [0.5, 0.6) is 0 Å². The van der Waals surface area contributed by atoms with Crippen molar-refractivity contribution in [1.82, 2.24) is 15.5 Å². The van der Waals surface area contributed by atoms with Gasteiger partial charge in [-0.05, 0) is 49.1 Å². The number of aromatic nitrogens is 2. The first-order valence-electron chi connectivity index (χ1n) is 8.65. The second-order valence-corrected chi connectivity index (χ2v) is 7.54. The average molecular weight is 318 g/mol. The first-order valence-corrected chi connectivity index (χ1v) is 8.65. The van der Waals surface area contributed by atoms with Gasteiger partial charge in [-0.25, -0.2) is 0 Å². The van der Waals surface area contributed by atoms with Gasteiger partial charge in [-0.1, -0.05) is 27.2 Å². The molecule has 1 aromatic heterocycles. The molecule has 5 nitrogen and oxygen atoms in total. The number of hydrogen-bond donors (Lipinski definition) is 1. The summed E-state index contributed by atoms with van der Waals surface area (Å²) in [7, 11) is 3.81. The van der Waals surface area contributed by atoms with E-state index in [2.05, 4.69) is 36.3 Å². The first kappa shape index (κ1) is 17.7. The molecule has 0 saturated heterocycles. The molecule has 1 aliphatic rings. The highest BCUT2D eigenvalue weighted by molar-refractivity contribution is 5.92. The molecule has 1 N–H and O–H groups in total. The molecule has 0 bridgehead atoms. The summed E-state index contributed by atoms with van der Waals surface area (Å²) in [5, 5.41) is 11.2. The van der Waals surface area contributed by atoms with Gasteiger partial charge in [0.05, 0.1) is 0 Å². The number of rotatable bonds is 5. The second kappa shape index (κ2) is 7.28. The van der Waals surface area contributed by atoms with Gasteiger partial charge in [0.15, 0.2) is 11.5 Å². The minimum Gasteiger partial charge on any atom is -0.361 e. The van der Waals surface area contributed by atoms with E-state index in [0.29, 0.717) is 11.1 Å². The molecule has 1 amide bonds. The zero-order valence-electron chi connectivity index (χ0n) is 15.1. The van der Waals surface area contributed by atoms with E-state index in [-0.39, 0.29) is 11.9 Å². The van der Waals surface area contributed by atoms with Crippen LogP contribution in [0.4, 0.5) is 5.82 Å². The lowest BCUT2D eigenvalue weighted by Gasteiger charge is -2.39. The molecular formula is C18H30N4O. The average Bonchev–Trinajstić information content (AvgIpc) is 2.55. The van der Waals surface area contributed by atoms with Crippen molar-refractivity contribution in [1.29, 1.82) is 0 Å². The highest BCUT2D eigenvalue weighted by Crippen LogP contribution is 2.40. The summed E-state index contributed by atoms with van der Waals surface area (Å²) in [6.45, 7) is 6.99. The SMILES string of the molecule is CCC(C)(C)C1CCC(NC(=O)c2ccc(N(C)C)nn2)CC1. The fourth-order valence-corrected chi connectivity index (χ4v) is 3.25. The van der Waals surface area contributed by atoms with Gasteiger partial charge in [0.2, 0.25) is 0 Å². The molecule has 0 aromatic carbocycles. The highest BCUT2D eigenvalue weighted by atomic mass is 16.2. The fraction of sp³-hybridized carbons (Fsp3) is 0.722. The molecule has 1 heterocycles. The summed E-state index contributed by atoms with van der Waals surface area (Å²) in [4.78, 5) is 14.2. The van der Waals surface area contributed by atoms with Crippen LogP contribution >= 0.6 is 0 Å². The lowest BCUT2D eigenvalue weighted by atomic mass is 9.69. The van der Waals surface area contributed by atoms with Crippen LogP contribution in [0.25, 0.3) is 0 Å². The van der Waals surface area contributed by atoms with E-state index >= 15 is 0 Å². The fourth-order valence-electron chi connectivity index (χ4n) is 3.25. The van der Waals surface area contributed by atoms with Crippen molar-refractivity contribution in [3.05, 3.63) is 17.8 Å². The standard InChI is InChI=1S/C18H30N4O/c1-6-18(2,3)13-7-9-14(10-8-13)19-17(23)15-11-12-16(21-20-15)22(4)5/h11-14H,6-10H2,1-5H3,(H,19,23). The Hall–Kier alpha value is -1.65. The Morgan fingerprint density at radius 1 is 1.22 bits per heavy atom. The first-order chi connectivity index (χ1) is 10.8. The molecule has 128 valence electrons. The third-order valence-electron chi connectivity index (χ3n) is 5.42. The summed E-state index contributed by atoms with van der Waals surface area (Å²) < 4.78 is 0. The lowest BCUT2D eigenvalue weighted by molar-refractivity contribution is 0.0887. The monoisotopic (exact) mass is 318 g/mol. The topological polar surface area (TPSA) is 58.1 Å². The number of carbonyl (C=O) groups excluding carboxylic acids is 1. The van der Waals surface area contributed by atoms with Crippen LogP contribution in [0.15, 0.2) is 12.1 Å². The predicted molar refractivity (Wildman–Crippen MR) is 93.6 cm³/mol. The van der Waals surface area contributed by atoms with Gasteiger partial charge in [0, 0.05) is 20.1 Å². The number of amides is 1. The van der Waals surface area contributed by atoms with Gasteiger partial charge in [0.25, 0.3) is 5.91 Å². The number of nitrogens with one attached hydrogen (secondary N) is 1. The van der Waals surface area contributed by atoms with E-state index in [4.69, 9.17) is 0 Å². The molecule has 1 aliphatic carbocycles. The molecule has 0 radical (unpaired) electrons. The second-order valence-electron chi connectivity index (χ2n) is 7.54. The summed E-state index contributed by atoms with van der Waals surface area (Å²) in [6.07, 6.45) is 5.71. The van der Waals surface area contributed by atoms with E-state index in [9.17, 15) is 4.79 Å². The summed E-state index contributed by atoms with van der Waals surface area (Å²) >= 11 is 0. The maximum atomic E-state index is 12.3. The van der Waals surface area contributed by atoms with Crippen LogP contribution in [-0.4, -0.2) is 36.2 Å². The Morgan fingerprint density at radius 2 is 1.87 bits per heavy atom. The lowest BCUT2D eigenvalue weighted by Crippen LogP contribution is -2.40. The van der Waals surface area contributed by atoms with Crippen LogP contribution in [0, 0.1) is 11.3 Å². The van der Waals surface area contributed by atoms with Crippen LogP contribution in [0.2, 0.25) is 0 Å². The minimum atomic E-state index is -0.110. The number of anilines is 1. The Balaban J connectivity index is 1.87. The van der Waals surface area contributed by atoms with Crippen LogP contribution < -0.4 is 10.2 Å². The quantitative estimate of drug-likeness (QED) is 0.905. The molecule has 1 fully saturated rings. The molecule has 1 saturated carbocycles. The van der Waals surface area contributed by atoms with Gasteiger partial charge >= 0.3 is 0 Å². The minimum absolute atomic E-state index is 0.110. The van der Waals surface area contributed by atoms with Crippen molar-refractivity contribution in [2.75, 3.05) is 19.0 Å². The summed E-state index contributed by atoms with van der Waals surface area (Å²) in [6, 6.07) is 3.83. The van der Waals surface area contributed by atoms with Gasteiger partial charge in [0.1, 0.15) is 0 Å². The third kappa shape index (κ3) is 4.43. The molecular weight excluding hydrogens is 288 g/mol. The highest BCUT2D eigenvalue weighted by Gasteiger charge is 2.32. The van der Waals surface area contributed by atoms with Crippen LogP contribution in [0.1, 0.15) is 63.4 Å². The Kier molecular flexibility index (Phi) is 5.60. The van der Waals surface area contributed by atoms with Crippen LogP contribution in [0.3, 0.4) is 0 Å². The molecule has 0 unspecified atom stereocenters. The Bertz CT molecular complexity index is 516. The van der Waals surface area contributed by atoms with Crippen molar-refractivity contribution >= 4 is 11.7 Å². The van der Waals surface area contributed by atoms with Gasteiger partial charge in [-0.2, -0.15) is 0 Å². The Morgan fingerprint density at radius 3 is 2.35 bits per heavy atom. The molecule has 5 heteroatoms. The van der Waals surface area contributed by atoms with Crippen molar-refractivity contribution in [3.8, 4) is 0 Å². The molecule has 23 heavy (non-hydrogen) atoms. The maximum Gasteiger partial charge on any atom is 0.272 e.